The van der Waals surface area contributed by atoms with Crippen molar-refractivity contribution in [3.05, 3.63) is 95.3 Å². The number of benzene rings is 3. The van der Waals surface area contributed by atoms with Crippen molar-refractivity contribution in [2.45, 2.75) is 25.8 Å². The van der Waals surface area contributed by atoms with Crippen molar-refractivity contribution in [2.75, 3.05) is 44.6 Å². The molecule has 0 heterocycles. The molecule has 3 aromatic carbocycles. The molecule has 0 aliphatic heterocycles. The average Bonchev–Trinajstić information content (AvgIpc) is 2.87. The first kappa shape index (κ1) is 26.9. The van der Waals surface area contributed by atoms with Crippen LogP contribution in [0.5, 0.6) is 0 Å². The highest BCUT2D eigenvalue weighted by atomic mass is 19.1. The third-order valence-electron chi connectivity index (χ3n) is 6.05. The van der Waals surface area contributed by atoms with Crippen LogP contribution in [0.2, 0.25) is 0 Å². The summed E-state index contributed by atoms with van der Waals surface area (Å²) in [5.74, 6) is -1.11. The van der Waals surface area contributed by atoms with Crippen LogP contribution in [-0.2, 0) is 16.1 Å². The molecule has 0 radical (unpaired) electrons. The lowest BCUT2D eigenvalue weighted by Crippen LogP contribution is -2.37. The molecular formula is C29H34FN3O3. The predicted molar refractivity (Wildman–Crippen MR) is 142 cm³/mol. The minimum absolute atomic E-state index is 0.0275. The van der Waals surface area contributed by atoms with Gasteiger partial charge in [0.25, 0.3) is 5.91 Å². The minimum atomic E-state index is -0.470. The van der Waals surface area contributed by atoms with Gasteiger partial charge in [-0.3, -0.25) is 9.59 Å². The van der Waals surface area contributed by atoms with Crippen LogP contribution in [0.1, 0.15) is 40.7 Å². The van der Waals surface area contributed by atoms with E-state index in [1.165, 1.54) is 18.2 Å². The zero-order valence-electron chi connectivity index (χ0n) is 21.3. The Kier molecular flexibility index (Phi) is 9.59. The Hall–Kier alpha value is -3.71. The Morgan fingerprint density at radius 1 is 1.00 bits per heavy atom. The number of carbonyl (C=O) groups excluding carboxylic acids is 2. The monoisotopic (exact) mass is 491 g/mol. The predicted octanol–water partition coefficient (Wildman–Crippen LogP) is 5.31. The summed E-state index contributed by atoms with van der Waals surface area (Å²) in [6, 6.07) is 20.9. The molecule has 0 saturated carbocycles. The van der Waals surface area contributed by atoms with Crippen LogP contribution in [0, 0.1) is 5.82 Å². The zero-order chi connectivity index (χ0) is 26.1. The average molecular weight is 492 g/mol. The molecule has 1 N–H and O–H groups in total. The fourth-order valence-electron chi connectivity index (χ4n) is 4.19. The molecule has 190 valence electrons. The Morgan fingerprint density at radius 3 is 2.39 bits per heavy atom. The number of carbonyl (C=O) groups is 2. The summed E-state index contributed by atoms with van der Waals surface area (Å²) in [5.41, 5.74) is 3.60. The second-order valence-electron chi connectivity index (χ2n) is 8.83. The zero-order valence-corrected chi connectivity index (χ0v) is 21.3. The lowest BCUT2D eigenvalue weighted by molar-refractivity contribution is -0.134. The Balaban J connectivity index is 1.90. The van der Waals surface area contributed by atoms with Crippen LogP contribution < -0.4 is 10.2 Å². The fourth-order valence-corrected chi connectivity index (χ4v) is 4.19. The van der Waals surface area contributed by atoms with E-state index in [9.17, 15) is 14.0 Å². The maximum atomic E-state index is 13.7. The minimum Gasteiger partial charge on any atom is -0.383 e. The summed E-state index contributed by atoms with van der Waals surface area (Å²) in [6.07, 6.45) is 0.677. The molecule has 0 spiro atoms. The molecule has 2 amide bonds. The van der Waals surface area contributed by atoms with Gasteiger partial charge in [0.15, 0.2) is 0 Å². The molecule has 0 fully saturated rings. The Morgan fingerprint density at radius 2 is 1.75 bits per heavy atom. The molecule has 0 saturated heterocycles. The normalized spacial score (nSPS) is 11.6. The van der Waals surface area contributed by atoms with Gasteiger partial charge in [-0.2, -0.15) is 0 Å². The Labute approximate surface area is 212 Å². The number of methoxy groups -OCH3 is 1. The number of anilines is 2. The summed E-state index contributed by atoms with van der Waals surface area (Å²) in [7, 11) is 5.49. The Bertz CT molecular complexity index is 1170. The van der Waals surface area contributed by atoms with E-state index < -0.39 is 11.7 Å². The van der Waals surface area contributed by atoms with E-state index in [-0.39, 0.29) is 17.4 Å². The third kappa shape index (κ3) is 6.92. The van der Waals surface area contributed by atoms with Crippen LogP contribution in [-0.4, -0.2) is 51.1 Å². The second kappa shape index (κ2) is 12.8. The second-order valence-corrected chi connectivity index (χ2v) is 8.83. The van der Waals surface area contributed by atoms with Gasteiger partial charge in [-0.25, -0.2) is 4.39 Å². The van der Waals surface area contributed by atoms with Crippen molar-refractivity contribution in [1.29, 1.82) is 0 Å². The molecule has 3 aromatic rings. The number of amides is 2. The molecule has 6 nitrogen and oxygen atoms in total. The van der Waals surface area contributed by atoms with Crippen molar-refractivity contribution < 1.29 is 18.7 Å². The maximum Gasteiger partial charge on any atom is 0.255 e. The largest absolute Gasteiger partial charge is 0.383 e. The van der Waals surface area contributed by atoms with Gasteiger partial charge in [0.2, 0.25) is 5.91 Å². The molecule has 1 atom stereocenters. The summed E-state index contributed by atoms with van der Waals surface area (Å²) in [4.78, 5) is 30.2. The van der Waals surface area contributed by atoms with Crippen LogP contribution >= 0.6 is 0 Å². The summed E-state index contributed by atoms with van der Waals surface area (Å²) in [6.45, 7) is 3.20. The highest BCUT2D eigenvalue weighted by Gasteiger charge is 2.25. The number of ether oxygens (including phenoxy) is 1. The molecule has 0 aliphatic rings. The van der Waals surface area contributed by atoms with E-state index in [4.69, 9.17) is 4.74 Å². The quantitative estimate of drug-likeness (QED) is 0.395. The van der Waals surface area contributed by atoms with Crippen molar-refractivity contribution >= 4 is 23.2 Å². The first-order valence-electron chi connectivity index (χ1n) is 12.0. The van der Waals surface area contributed by atoms with E-state index in [0.29, 0.717) is 31.8 Å². The first-order chi connectivity index (χ1) is 17.3. The van der Waals surface area contributed by atoms with Gasteiger partial charge < -0.3 is 19.9 Å². The number of nitrogens with zero attached hydrogens (tertiary/aromatic N) is 2. The lowest BCUT2D eigenvalue weighted by atomic mass is 9.94. The topological polar surface area (TPSA) is 61.9 Å². The van der Waals surface area contributed by atoms with Crippen LogP contribution in [0.4, 0.5) is 15.8 Å². The van der Waals surface area contributed by atoms with Gasteiger partial charge in [0.05, 0.1) is 12.5 Å². The van der Waals surface area contributed by atoms with Crippen LogP contribution in [0.3, 0.4) is 0 Å². The van der Waals surface area contributed by atoms with Crippen molar-refractivity contribution in [2.24, 2.45) is 0 Å². The van der Waals surface area contributed by atoms with Gasteiger partial charge in [-0.05, 0) is 53.9 Å². The first-order valence-corrected chi connectivity index (χ1v) is 12.0. The van der Waals surface area contributed by atoms with E-state index >= 15 is 0 Å². The van der Waals surface area contributed by atoms with Crippen LogP contribution in [0.25, 0.3) is 0 Å². The third-order valence-corrected chi connectivity index (χ3v) is 6.05. The number of halogens is 1. The standard InChI is InChI=1S/C29H34FN3O3/c1-5-26(21-10-7-6-8-11-21)29(35)33(16-17-36-4)20-23-19-25(14-15-27(23)32(2)3)31-28(34)22-12-9-13-24(30)18-22/h6-15,18-19,26H,5,16-17,20H2,1-4H3,(H,31,34)/t26-/m0/s1. The maximum absolute atomic E-state index is 13.7. The molecule has 0 unspecified atom stereocenters. The number of hydrogen-bond donors (Lipinski definition) is 1. The van der Waals surface area contributed by atoms with E-state index in [1.54, 1.807) is 19.2 Å². The lowest BCUT2D eigenvalue weighted by Gasteiger charge is -2.29. The highest BCUT2D eigenvalue weighted by Crippen LogP contribution is 2.28. The van der Waals surface area contributed by atoms with Gasteiger partial charge >= 0.3 is 0 Å². The van der Waals surface area contributed by atoms with Gasteiger partial charge in [-0.1, -0.05) is 43.3 Å². The molecule has 0 aromatic heterocycles. The smallest absolute Gasteiger partial charge is 0.255 e. The van der Waals surface area contributed by atoms with E-state index in [1.807, 2.05) is 73.3 Å². The number of nitrogens with one attached hydrogen (secondary N) is 1. The molecule has 0 bridgehead atoms. The van der Waals surface area contributed by atoms with Gasteiger partial charge in [0, 0.05) is 51.2 Å². The molecule has 3 rings (SSSR count). The summed E-state index contributed by atoms with van der Waals surface area (Å²) in [5, 5.41) is 2.85. The van der Waals surface area contributed by atoms with Crippen molar-refractivity contribution in [3.8, 4) is 0 Å². The fraction of sp³-hybridized carbons (Fsp3) is 0.310. The molecule has 7 heteroatoms. The SMILES string of the molecule is CC[C@H](C(=O)N(CCOC)Cc1cc(NC(=O)c2cccc(F)c2)ccc1N(C)C)c1ccccc1. The van der Waals surface area contributed by atoms with E-state index in [2.05, 4.69) is 5.32 Å². The summed E-state index contributed by atoms with van der Waals surface area (Å²) >= 11 is 0. The summed E-state index contributed by atoms with van der Waals surface area (Å²) < 4.78 is 18.9. The highest BCUT2D eigenvalue weighted by molar-refractivity contribution is 6.04. The number of hydrogen-bond acceptors (Lipinski definition) is 4. The van der Waals surface area contributed by atoms with Gasteiger partial charge in [0.1, 0.15) is 5.82 Å². The molecule has 0 aliphatic carbocycles. The molecular weight excluding hydrogens is 457 g/mol. The van der Waals surface area contributed by atoms with E-state index in [0.717, 1.165) is 16.8 Å². The molecule has 36 heavy (non-hydrogen) atoms. The van der Waals surface area contributed by atoms with Crippen molar-refractivity contribution in [3.63, 3.8) is 0 Å². The van der Waals surface area contributed by atoms with Crippen LogP contribution in [0.15, 0.2) is 72.8 Å². The van der Waals surface area contributed by atoms with Crippen molar-refractivity contribution in [1.82, 2.24) is 4.90 Å². The number of rotatable bonds is 11. The van der Waals surface area contributed by atoms with Gasteiger partial charge in [-0.15, -0.1) is 0 Å².